The van der Waals surface area contributed by atoms with E-state index in [1.54, 1.807) is 12.1 Å². The van der Waals surface area contributed by atoms with E-state index in [1.165, 1.54) is 7.11 Å². The molecule has 1 amide bonds. The Bertz CT molecular complexity index is 547. The second kappa shape index (κ2) is 7.91. The maximum Gasteiger partial charge on any atom is 0.340 e. The van der Waals surface area contributed by atoms with Gasteiger partial charge in [-0.3, -0.25) is 4.79 Å². The van der Waals surface area contributed by atoms with E-state index in [9.17, 15) is 9.59 Å². The first-order valence-electron chi connectivity index (χ1n) is 6.39. The molecule has 0 aliphatic heterocycles. The van der Waals surface area contributed by atoms with Crippen molar-refractivity contribution in [3.8, 4) is 0 Å². The molecular formula is C14H18Br2N2O3. The number of methoxy groups -OCH3 is 1. The summed E-state index contributed by atoms with van der Waals surface area (Å²) in [4.78, 5) is 23.9. The van der Waals surface area contributed by atoms with Crippen LogP contribution in [0.15, 0.2) is 21.1 Å². The van der Waals surface area contributed by atoms with Gasteiger partial charge >= 0.3 is 5.97 Å². The fourth-order valence-electron chi connectivity index (χ4n) is 1.61. The lowest BCUT2D eigenvalue weighted by Crippen LogP contribution is -2.32. The lowest BCUT2D eigenvalue weighted by atomic mass is 10.0. The zero-order valence-corrected chi connectivity index (χ0v) is 15.2. The number of esters is 1. The van der Waals surface area contributed by atoms with Crippen LogP contribution in [0.5, 0.6) is 0 Å². The van der Waals surface area contributed by atoms with Gasteiger partial charge in [-0.25, -0.2) is 4.79 Å². The van der Waals surface area contributed by atoms with Gasteiger partial charge in [0.2, 0.25) is 5.91 Å². The summed E-state index contributed by atoms with van der Waals surface area (Å²) in [7, 11) is 1.29. The van der Waals surface area contributed by atoms with Crippen LogP contribution in [-0.2, 0) is 9.53 Å². The first-order chi connectivity index (χ1) is 9.76. The monoisotopic (exact) mass is 420 g/mol. The van der Waals surface area contributed by atoms with Crippen LogP contribution in [0.3, 0.4) is 0 Å². The molecule has 1 unspecified atom stereocenters. The molecule has 5 nitrogen and oxygen atoms in total. The lowest BCUT2D eigenvalue weighted by Gasteiger charge is -2.17. The van der Waals surface area contributed by atoms with Crippen molar-refractivity contribution in [1.29, 1.82) is 0 Å². The Labute approximate surface area is 140 Å². The maximum atomic E-state index is 12.1. The van der Waals surface area contributed by atoms with Crippen molar-refractivity contribution in [3.05, 3.63) is 26.6 Å². The average molecular weight is 422 g/mol. The molecule has 116 valence electrons. The third-order valence-corrected chi connectivity index (χ3v) is 4.09. The Balaban J connectivity index is 3.02. The van der Waals surface area contributed by atoms with Gasteiger partial charge in [-0.2, -0.15) is 0 Å². The molecule has 3 N–H and O–H groups in total. The quantitative estimate of drug-likeness (QED) is 0.714. The largest absolute Gasteiger partial charge is 0.465 e. The summed E-state index contributed by atoms with van der Waals surface area (Å²) >= 11 is 6.64. The summed E-state index contributed by atoms with van der Waals surface area (Å²) in [5.74, 6) is -0.575. The standard InChI is InChI=1S/C14H18Br2N2O3/c1-7(2)11(17)6-12(19)18-13-9(14(20)21-3)4-8(15)5-10(13)16/h4-5,7,11H,6,17H2,1-3H3,(H,18,19). The molecule has 0 heterocycles. The van der Waals surface area contributed by atoms with Gasteiger partial charge in [-0.15, -0.1) is 0 Å². The molecule has 0 saturated heterocycles. The third-order valence-electron chi connectivity index (χ3n) is 3.00. The number of hydrogen-bond acceptors (Lipinski definition) is 4. The van der Waals surface area contributed by atoms with Gasteiger partial charge in [0, 0.05) is 21.4 Å². The topological polar surface area (TPSA) is 81.4 Å². The first kappa shape index (κ1) is 18.1. The Morgan fingerprint density at radius 2 is 1.95 bits per heavy atom. The number of carbonyl (C=O) groups excluding carboxylic acids is 2. The van der Waals surface area contributed by atoms with E-state index in [0.717, 1.165) is 0 Å². The van der Waals surface area contributed by atoms with E-state index in [1.807, 2.05) is 13.8 Å². The summed E-state index contributed by atoms with van der Waals surface area (Å²) in [6.45, 7) is 3.90. The van der Waals surface area contributed by atoms with E-state index in [4.69, 9.17) is 10.5 Å². The Hall–Kier alpha value is -0.920. The van der Waals surface area contributed by atoms with Crippen molar-refractivity contribution < 1.29 is 14.3 Å². The number of halogens is 2. The Morgan fingerprint density at radius 3 is 2.48 bits per heavy atom. The summed E-state index contributed by atoms with van der Waals surface area (Å²) in [5.41, 5.74) is 6.53. The minimum Gasteiger partial charge on any atom is -0.465 e. The number of nitrogens with two attached hydrogens (primary N) is 1. The molecule has 0 spiro atoms. The molecule has 0 aromatic heterocycles. The predicted octanol–water partition coefficient (Wildman–Crippen LogP) is 3.31. The average Bonchev–Trinajstić information content (AvgIpc) is 2.40. The van der Waals surface area contributed by atoms with Gasteiger partial charge < -0.3 is 15.8 Å². The fraction of sp³-hybridized carbons (Fsp3) is 0.429. The van der Waals surface area contributed by atoms with Crippen molar-refractivity contribution >= 4 is 49.4 Å². The molecule has 0 bridgehead atoms. The van der Waals surface area contributed by atoms with Crippen molar-refractivity contribution in [2.75, 3.05) is 12.4 Å². The maximum absolute atomic E-state index is 12.1. The number of amides is 1. The summed E-state index contributed by atoms with van der Waals surface area (Å²) in [6.07, 6.45) is 0.181. The van der Waals surface area contributed by atoms with E-state index < -0.39 is 5.97 Å². The van der Waals surface area contributed by atoms with Crippen LogP contribution in [0.4, 0.5) is 5.69 Å². The molecule has 21 heavy (non-hydrogen) atoms. The van der Waals surface area contributed by atoms with E-state index in [0.29, 0.717) is 14.6 Å². The number of nitrogens with one attached hydrogen (secondary N) is 1. The normalized spacial score (nSPS) is 12.1. The van der Waals surface area contributed by atoms with E-state index in [2.05, 4.69) is 37.2 Å². The van der Waals surface area contributed by atoms with Gasteiger partial charge in [0.15, 0.2) is 0 Å². The second-order valence-electron chi connectivity index (χ2n) is 4.96. The molecular weight excluding hydrogens is 404 g/mol. The molecule has 1 aromatic carbocycles. The van der Waals surface area contributed by atoms with Crippen LogP contribution >= 0.6 is 31.9 Å². The van der Waals surface area contributed by atoms with Crippen LogP contribution in [0.25, 0.3) is 0 Å². The highest BCUT2D eigenvalue weighted by atomic mass is 79.9. The second-order valence-corrected chi connectivity index (χ2v) is 6.73. The third kappa shape index (κ3) is 5.09. The van der Waals surface area contributed by atoms with Crippen molar-refractivity contribution in [3.63, 3.8) is 0 Å². The molecule has 0 aliphatic carbocycles. The van der Waals surface area contributed by atoms with Gasteiger partial charge in [0.05, 0.1) is 18.4 Å². The molecule has 1 atom stereocenters. The summed E-state index contributed by atoms with van der Waals surface area (Å²) in [6, 6.07) is 3.10. The number of hydrogen-bond donors (Lipinski definition) is 2. The number of ether oxygens (including phenoxy) is 1. The van der Waals surface area contributed by atoms with Crippen molar-refractivity contribution in [2.24, 2.45) is 11.7 Å². The minimum atomic E-state index is -0.527. The number of rotatable bonds is 5. The highest BCUT2D eigenvalue weighted by Gasteiger charge is 2.20. The van der Waals surface area contributed by atoms with Gasteiger partial charge in [-0.1, -0.05) is 29.8 Å². The minimum absolute atomic E-state index is 0.181. The molecule has 0 saturated carbocycles. The van der Waals surface area contributed by atoms with Crippen molar-refractivity contribution in [1.82, 2.24) is 0 Å². The first-order valence-corrected chi connectivity index (χ1v) is 7.97. The van der Waals surface area contributed by atoms with Gasteiger partial charge in [0.25, 0.3) is 0 Å². The highest BCUT2D eigenvalue weighted by Crippen LogP contribution is 2.31. The van der Waals surface area contributed by atoms with Crippen molar-refractivity contribution in [2.45, 2.75) is 26.3 Å². The molecule has 0 fully saturated rings. The fourth-order valence-corrected chi connectivity index (χ4v) is 2.94. The zero-order chi connectivity index (χ0) is 16.2. The SMILES string of the molecule is COC(=O)c1cc(Br)cc(Br)c1NC(=O)CC(N)C(C)C. The van der Waals surface area contributed by atoms with E-state index >= 15 is 0 Å². The molecule has 0 radical (unpaired) electrons. The molecule has 7 heteroatoms. The van der Waals surface area contributed by atoms with Gasteiger partial charge in [-0.05, 0) is 34.0 Å². The Kier molecular flexibility index (Phi) is 6.83. The van der Waals surface area contributed by atoms with Crippen LogP contribution in [0.1, 0.15) is 30.6 Å². The van der Waals surface area contributed by atoms with Gasteiger partial charge in [0.1, 0.15) is 0 Å². The van der Waals surface area contributed by atoms with Crippen LogP contribution in [0.2, 0.25) is 0 Å². The summed E-state index contributed by atoms with van der Waals surface area (Å²) in [5, 5.41) is 2.72. The van der Waals surface area contributed by atoms with Crippen LogP contribution in [0, 0.1) is 5.92 Å². The summed E-state index contributed by atoms with van der Waals surface area (Å²) < 4.78 is 6.02. The smallest absolute Gasteiger partial charge is 0.340 e. The molecule has 1 rings (SSSR count). The lowest BCUT2D eigenvalue weighted by molar-refractivity contribution is -0.116. The number of anilines is 1. The molecule has 0 aliphatic rings. The number of carbonyl (C=O) groups is 2. The van der Waals surface area contributed by atoms with E-state index in [-0.39, 0.29) is 29.9 Å². The highest BCUT2D eigenvalue weighted by molar-refractivity contribution is 9.11. The zero-order valence-electron chi connectivity index (χ0n) is 12.1. The van der Waals surface area contributed by atoms with Crippen LogP contribution < -0.4 is 11.1 Å². The number of benzene rings is 1. The van der Waals surface area contributed by atoms with Crippen LogP contribution in [-0.4, -0.2) is 25.0 Å². The Morgan fingerprint density at radius 1 is 1.33 bits per heavy atom. The predicted molar refractivity (Wildman–Crippen MR) is 89.2 cm³/mol. The molecule has 1 aromatic rings.